The monoisotopic (exact) mass is 412 g/mol. The third-order valence-electron chi connectivity index (χ3n) is 5.01. The minimum Gasteiger partial charge on any atom is -0.418 e. The smallest absolute Gasteiger partial charge is 0.240 e. The zero-order valence-electron chi connectivity index (χ0n) is 15.4. The summed E-state index contributed by atoms with van der Waals surface area (Å²) in [5.41, 5.74) is 1.49. The number of likely N-dealkylation sites (tertiary alicyclic amines) is 1. The van der Waals surface area contributed by atoms with Gasteiger partial charge in [0.1, 0.15) is 6.07 Å². The predicted octanol–water partition coefficient (Wildman–Crippen LogP) is 5.57. The van der Waals surface area contributed by atoms with Crippen molar-refractivity contribution in [2.75, 3.05) is 25.0 Å². The molecule has 1 atom stereocenters. The molecule has 1 N–H and O–H groups in total. The summed E-state index contributed by atoms with van der Waals surface area (Å²) >= 11 is 7.62. The molecule has 1 aliphatic rings. The molecular formula is C21H21ClN4OS. The summed E-state index contributed by atoms with van der Waals surface area (Å²) in [6.07, 6.45) is 3.69. The second kappa shape index (κ2) is 8.78. The van der Waals surface area contributed by atoms with Crippen LogP contribution < -0.4 is 5.32 Å². The second-order valence-electron chi connectivity index (χ2n) is 6.83. The van der Waals surface area contributed by atoms with Crippen molar-refractivity contribution >= 4 is 28.8 Å². The number of halogens is 1. The van der Waals surface area contributed by atoms with E-state index in [1.807, 2.05) is 29.6 Å². The molecule has 0 saturated carbocycles. The summed E-state index contributed by atoms with van der Waals surface area (Å²) in [7, 11) is 0. The lowest BCUT2D eigenvalue weighted by atomic mass is 10.0. The van der Waals surface area contributed by atoms with Crippen LogP contribution in [0.1, 0.15) is 36.6 Å². The first kappa shape index (κ1) is 19.0. The molecule has 3 heterocycles. The number of nitrogens with zero attached hydrogens (tertiary/aromatic N) is 3. The molecule has 0 spiro atoms. The van der Waals surface area contributed by atoms with Gasteiger partial charge in [-0.3, -0.25) is 4.90 Å². The Kier molecular flexibility index (Phi) is 5.96. The van der Waals surface area contributed by atoms with Crippen LogP contribution >= 0.6 is 22.9 Å². The van der Waals surface area contributed by atoms with Crippen LogP contribution in [0.3, 0.4) is 0 Å². The van der Waals surface area contributed by atoms with Crippen molar-refractivity contribution in [3.05, 3.63) is 58.1 Å². The number of thiophene rings is 1. The molecule has 0 radical (unpaired) electrons. The summed E-state index contributed by atoms with van der Waals surface area (Å²) in [5.74, 6) is 0.914. The third kappa shape index (κ3) is 4.22. The normalized spacial score (nSPS) is 15.9. The van der Waals surface area contributed by atoms with Crippen molar-refractivity contribution in [3.63, 3.8) is 0 Å². The molecule has 1 fully saturated rings. The highest BCUT2D eigenvalue weighted by Crippen LogP contribution is 2.30. The fraction of sp³-hybridized carbons (Fsp3) is 0.333. The number of nitrogens with one attached hydrogen (secondary N) is 1. The first-order chi connectivity index (χ1) is 13.7. The van der Waals surface area contributed by atoms with Crippen molar-refractivity contribution in [3.8, 4) is 16.8 Å². The lowest BCUT2D eigenvalue weighted by Crippen LogP contribution is -2.37. The molecule has 4 rings (SSSR count). The summed E-state index contributed by atoms with van der Waals surface area (Å²) in [6, 6.07) is 14.2. The Morgan fingerprint density at radius 3 is 2.68 bits per heavy atom. The van der Waals surface area contributed by atoms with E-state index in [2.05, 4.69) is 33.4 Å². The largest absolute Gasteiger partial charge is 0.418 e. The van der Waals surface area contributed by atoms with Crippen molar-refractivity contribution in [2.24, 2.45) is 0 Å². The molecule has 1 aliphatic heterocycles. The van der Waals surface area contributed by atoms with E-state index in [9.17, 15) is 5.26 Å². The Morgan fingerprint density at radius 2 is 2.00 bits per heavy atom. The standard InChI is InChI=1S/C21H21ClN4OS/c22-16-8-6-15(7-9-16)18(26-10-2-1-3-11-26)14-24-20-17(13-23)25-21(27-20)19-5-4-12-28-19/h4-9,12,18,24H,1-3,10-11,14H2. The van der Waals surface area contributed by atoms with Gasteiger partial charge in [0.25, 0.3) is 0 Å². The van der Waals surface area contributed by atoms with E-state index >= 15 is 0 Å². The number of oxazole rings is 1. The molecule has 0 amide bonds. The van der Waals surface area contributed by atoms with Gasteiger partial charge in [-0.15, -0.1) is 11.3 Å². The molecule has 2 aromatic heterocycles. The number of benzene rings is 1. The van der Waals surface area contributed by atoms with Crippen LogP contribution in [-0.2, 0) is 0 Å². The Balaban J connectivity index is 1.55. The Bertz CT molecular complexity index is 940. The summed E-state index contributed by atoms with van der Waals surface area (Å²) in [5, 5.41) is 15.5. The lowest BCUT2D eigenvalue weighted by molar-refractivity contribution is 0.170. The van der Waals surface area contributed by atoms with Gasteiger partial charge >= 0.3 is 0 Å². The minimum atomic E-state index is 0.180. The second-order valence-corrected chi connectivity index (χ2v) is 8.21. The summed E-state index contributed by atoms with van der Waals surface area (Å²) in [4.78, 5) is 7.74. The van der Waals surface area contributed by atoms with Gasteiger partial charge in [-0.1, -0.05) is 36.2 Å². The molecule has 1 saturated heterocycles. The average molecular weight is 413 g/mol. The quantitative estimate of drug-likeness (QED) is 0.573. The highest BCUT2D eigenvalue weighted by molar-refractivity contribution is 7.13. The first-order valence-electron chi connectivity index (χ1n) is 9.43. The molecule has 5 nitrogen and oxygen atoms in total. The maximum absolute atomic E-state index is 9.46. The number of hydrogen-bond acceptors (Lipinski definition) is 6. The summed E-state index contributed by atoms with van der Waals surface area (Å²) < 4.78 is 5.87. The van der Waals surface area contributed by atoms with Crippen LogP contribution in [0.2, 0.25) is 5.02 Å². The Hall–Kier alpha value is -2.33. The number of anilines is 1. The van der Waals surface area contributed by atoms with Crippen molar-refractivity contribution in [1.29, 1.82) is 5.26 Å². The minimum absolute atomic E-state index is 0.180. The van der Waals surface area contributed by atoms with Gasteiger partial charge in [-0.05, 0) is 55.1 Å². The average Bonchev–Trinajstić information content (AvgIpc) is 3.40. The third-order valence-corrected chi connectivity index (χ3v) is 6.12. The highest BCUT2D eigenvalue weighted by Gasteiger charge is 2.24. The highest BCUT2D eigenvalue weighted by atomic mass is 35.5. The number of nitriles is 1. The molecule has 144 valence electrons. The number of rotatable bonds is 6. The zero-order chi connectivity index (χ0) is 19.3. The van der Waals surface area contributed by atoms with E-state index in [0.717, 1.165) is 23.0 Å². The van der Waals surface area contributed by atoms with Gasteiger partial charge in [0.2, 0.25) is 17.5 Å². The maximum atomic E-state index is 9.46. The fourth-order valence-corrected chi connectivity index (χ4v) is 4.36. The molecule has 1 unspecified atom stereocenters. The summed E-state index contributed by atoms with van der Waals surface area (Å²) in [6.45, 7) is 2.77. The lowest BCUT2D eigenvalue weighted by Gasteiger charge is -2.35. The van der Waals surface area contributed by atoms with Gasteiger partial charge in [0.05, 0.1) is 10.9 Å². The van der Waals surface area contributed by atoms with E-state index in [0.29, 0.717) is 18.3 Å². The van der Waals surface area contributed by atoms with Gasteiger partial charge in [0.15, 0.2) is 0 Å². The van der Waals surface area contributed by atoms with E-state index < -0.39 is 0 Å². The molecular weight excluding hydrogens is 392 g/mol. The van der Waals surface area contributed by atoms with Crippen LogP contribution in [-0.4, -0.2) is 29.5 Å². The fourth-order valence-electron chi connectivity index (χ4n) is 3.58. The number of piperidine rings is 1. The van der Waals surface area contributed by atoms with E-state index in [1.165, 1.54) is 36.2 Å². The van der Waals surface area contributed by atoms with Crippen LogP contribution in [0.4, 0.5) is 5.88 Å². The van der Waals surface area contributed by atoms with Crippen LogP contribution in [0.5, 0.6) is 0 Å². The van der Waals surface area contributed by atoms with Gasteiger partial charge in [0, 0.05) is 11.6 Å². The van der Waals surface area contributed by atoms with Gasteiger partial charge in [-0.25, -0.2) is 0 Å². The van der Waals surface area contributed by atoms with Crippen LogP contribution in [0.15, 0.2) is 46.2 Å². The number of hydrogen-bond donors (Lipinski definition) is 1. The first-order valence-corrected chi connectivity index (χ1v) is 10.7. The van der Waals surface area contributed by atoms with Crippen molar-refractivity contribution in [1.82, 2.24) is 9.88 Å². The molecule has 3 aromatic rings. The molecule has 0 bridgehead atoms. The number of aromatic nitrogens is 1. The predicted molar refractivity (Wildman–Crippen MR) is 113 cm³/mol. The van der Waals surface area contributed by atoms with E-state index in [1.54, 1.807) is 0 Å². The molecule has 1 aromatic carbocycles. The van der Waals surface area contributed by atoms with Crippen LogP contribution in [0, 0.1) is 11.3 Å². The van der Waals surface area contributed by atoms with E-state index in [-0.39, 0.29) is 11.7 Å². The van der Waals surface area contributed by atoms with Crippen molar-refractivity contribution < 1.29 is 4.42 Å². The van der Waals surface area contributed by atoms with Crippen LogP contribution in [0.25, 0.3) is 10.8 Å². The van der Waals surface area contributed by atoms with Gasteiger partial charge in [-0.2, -0.15) is 10.2 Å². The Labute approximate surface area is 173 Å². The van der Waals surface area contributed by atoms with E-state index in [4.69, 9.17) is 16.0 Å². The topological polar surface area (TPSA) is 65.1 Å². The Morgan fingerprint density at radius 1 is 1.21 bits per heavy atom. The van der Waals surface area contributed by atoms with Crippen molar-refractivity contribution in [2.45, 2.75) is 25.3 Å². The molecule has 7 heteroatoms. The molecule has 28 heavy (non-hydrogen) atoms. The maximum Gasteiger partial charge on any atom is 0.240 e. The SMILES string of the molecule is N#Cc1nc(-c2cccs2)oc1NCC(c1ccc(Cl)cc1)N1CCCCC1. The zero-order valence-corrected chi connectivity index (χ0v) is 17.0. The van der Waals surface area contributed by atoms with Gasteiger partial charge < -0.3 is 9.73 Å². The molecule has 0 aliphatic carbocycles.